The predicted octanol–water partition coefficient (Wildman–Crippen LogP) is 1.72. The van der Waals surface area contributed by atoms with Gasteiger partial charge in [0.05, 0.1) is 11.6 Å². The molecule has 106 valence electrons. The minimum atomic E-state index is -5.03. The molecule has 0 aliphatic carbocycles. The van der Waals surface area contributed by atoms with Crippen molar-refractivity contribution in [2.75, 3.05) is 7.05 Å². The van der Waals surface area contributed by atoms with Gasteiger partial charge in [0.1, 0.15) is 5.65 Å². The fourth-order valence-corrected chi connectivity index (χ4v) is 1.84. The first-order valence-electron chi connectivity index (χ1n) is 5.10. The van der Waals surface area contributed by atoms with Crippen LogP contribution in [0, 0.1) is 10.6 Å². The van der Waals surface area contributed by atoms with Gasteiger partial charge in [-0.3, -0.25) is 4.79 Å². The Labute approximate surface area is 113 Å². The van der Waals surface area contributed by atoms with E-state index in [0.717, 1.165) is 10.9 Å². The molecule has 0 fully saturated rings. The average Bonchev–Trinajstić information content (AvgIpc) is 2.31. The molecule has 0 saturated carbocycles. The Morgan fingerprint density at radius 1 is 1.50 bits per heavy atom. The maximum Gasteiger partial charge on any atom is 0.434 e. The lowest BCUT2D eigenvalue weighted by Crippen LogP contribution is -2.22. The zero-order valence-electron chi connectivity index (χ0n) is 9.95. The van der Waals surface area contributed by atoms with Crippen LogP contribution >= 0.6 is 12.2 Å². The number of halogens is 4. The van der Waals surface area contributed by atoms with Crippen LogP contribution in [0.25, 0.3) is 11.0 Å². The van der Waals surface area contributed by atoms with Gasteiger partial charge in [0.2, 0.25) is 5.43 Å². The van der Waals surface area contributed by atoms with Crippen molar-refractivity contribution in [3.05, 3.63) is 32.7 Å². The van der Waals surface area contributed by atoms with Crippen molar-refractivity contribution in [2.24, 2.45) is 0 Å². The summed E-state index contributed by atoms with van der Waals surface area (Å²) in [6.45, 7) is 3.49. The van der Waals surface area contributed by atoms with Gasteiger partial charge < -0.3 is 4.98 Å². The monoisotopic (exact) mass is 307 g/mol. The molecule has 20 heavy (non-hydrogen) atoms. The molecule has 0 aliphatic rings. The van der Waals surface area contributed by atoms with E-state index in [0.29, 0.717) is 0 Å². The molecule has 0 bridgehead atoms. The number of rotatable bonds is 1. The fraction of sp³-hybridized carbons (Fsp3) is 0.200. The van der Waals surface area contributed by atoms with Gasteiger partial charge in [0.15, 0.2) is 25.3 Å². The number of fused-ring (bicyclic) bond motifs is 1. The average molecular weight is 307 g/mol. The van der Waals surface area contributed by atoms with Crippen LogP contribution in [-0.4, -0.2) is 33.1 Å². The van der Waals surface area contributed by atoms with Crippen LogP contribution in [-0.2, 0) is 6.18 Å². The van der Waals surface area contributed by atoms with Crippen molar-refractivity contribution in [3.63, 3.8) is 0 Å². The third kappa shape index (κ3) is 2.22. The first-order valence-corrected chi connectivity index (χ1v) is 5.50. The number of hydrogen-bond donors (Lipinski definition) is 1. The smallest absolute Gasteiger partial charge is 0.333 e. The summed E-state index contributed by atoms with van der Waals surface area (Å²) in [5.74, 6) is -1.91. The molecule has 0 spiro atoms. The van der Waals surface area contributed by atoms with E-state index in [2.05, 4.69) is 11.7 Å². The maximum atomic E-state index is 13.5. The minimum absolute atomic E-state index is 0.134. The quantitative estimate of drug-likeness (QED) is 0.378. The molecule has 1 N–H and O–H groups in total. The molecule has 0 unspecified atom stereocenters. The summed E-state index contributed by atoms with van der Waals surface area (Å²) in [5, 5.41) is -0.361. The Morgan fingerprint density at radius 3 is 2.60 bits per heavy atom. The van der Waals surface area contributed by atoms with Crippen LogP contribution in [0.3, 0.4) is 0 Å². The Hall–Kier alpha value is -2.10. The highest BCUT2D eigenvalue weighted by atomic mass is 32.1. The van der Waals surface area contributed by atoms with Gasteiger partial charge in [-0.1, -0.05) is 4.68 Å². The SMILES string of the molecule is C=[N+](C)n1cc2c(=O)c(F)c(C(F)(F)F)[nH]c2nc1=S. The number of pyridine rings is 1. The molecule has 10 heteroatoms. The molecule has 2 rings (SSSR count). The van der Waals surface area contributed by atoms with Crippen molar-refractivity contribution in [2.45, 2.75) is 6.18 Å². The Morgan fingerprint density at radius 2 is 2.10 bits per heavy atom. The minimum Gasteiger partial charge on any atom is -0.333 e. The molecule has 0 aromatic carbocycles. The number of nitrogens with one attached hydrogen (secondary N) is 1. The highest BCUT2D eigenvalue weighted by molar-refractivity contribution is 7.71. The van der Waals surface area contributed by atoms with Crippen LogP contribution in [0.15, 0.2) is 11.0 Å². The second-order valence-corrected chi connectivity index (χ2v) is 4.29. The largest absolute Gasteiger partial charge is 0.434 e. The van der Waals surface area contributed by atoms with Crippen LogP contribution in [0.2, 0.25) is 0 Å². The second kappa shape index (κ2) is 4.47. The van der Waals surface area contributed by atoms with Gasteiger partial charge in [-0.25, -0.2) is 4.39 Å². The number of H-pyrrole nitrogens is 1. The zero-order valence-corrected chi connectivity index (χ0v) is 10.8. The summed E-state index contributed by atoms with van der Waals surface area (Å²) < 4.78 is 53.4. The number of alkyl halides is 3. The number of nitrogens with zero attached hydrogens (tertiary/aromatic N) is 3. The fourth-order valence-electron chi connectivity index (χ4n) is 1.55. The lowest BCUT2D eigenvalue weighted by Gasteiger charge is -2.09. The van der Waals surface area contributed by atoms with Crippen molar-refractivity contribution in [3.8, 4) is 0 Å². The molecule has 2 aromatic heterocycles. The molecule has 5 nitrogen and oxygen atoms in total. The van der Waals surface area contributed by atoms with E-state index in [-0.39, 0.29) is 10.2 Å². The van der Waals surface area contributed by atoms with Gasteiger partial charge >= 0.3 is 6.18 Å². The van der Waals surface area contributed by atoms with Crippen LogP contribution < -0.4 is 5.43 Å². The zero-order chi connectivity index (χ0) is 15.2. The third-order valence-corrected chi connectivity index (χ3v) is 2.75. The summed E-state index contributed by atoms with van der Waals surface area (Å²) in [5.41, 5.74) is -3.63. The van der Waals surface area contributed by atoms with Gasteiger partial charge in [-0.15, -0.1) is 4.68 Å². The molecule has 0 radical (unpaired) electrons. The van der Waals surface area contributed by atoms with Crippen molar-refractivity contribution in [1.29, 1.82) is 0 Å². The summed E-state index contributed by atoms with van der Waals surface area (Å²) in [4.78, 5) is 17.1. The third-order valence-electron chi connectivity index (χ3n) is 2.47. The summed E-state index contributed by atoms with van der Waals surface area (Å²) in [6.07, 6.45) is -3.96. The van der Waals surface area contributed by atoms with Crippen molar-refractivity contribution >= 4 is 30.0 Å². The Kier molecular flexibility index (Phi) is 3.20. The Balaban J connectivity index is 2.96. The highest BCUT2D eigenvalue weighted by Crippen LogP contribution is 2.29. The maximum absolute atomic E-state index is 13.5. The lowest BCUT2D eigenvalue weighted by molar-refractivity contribution is -0.551. The number of hydrogen-bond acceptors (Lipinski definition) is 3. The van der Waals surface area contributed by atoms with Crippen molar-refractivity contribution in [1.82, 2.24) is 14.6 Å². The van der Waals surface area contributed by atoms with E-state index in [4.69, 9.17) is 12.2 Å². The van der Waals surface area contributed by atoms with Gasteiger partial charge in [0, 0.05) is 0 Å². The van der Waals surface area contributed by atoms with E-state index in [9.17, 15) is 22.4 Å². The highest BCUT2D eigenvalue weighted by Gasteiger charge is 2.37. The van der Waals surface area contributed by atoms with E-state index in [1.165, 1.54) is 11.7 Å². The Bertz CT molecular complexity index is 836. The molecular weight excluding hydrogens is 300 g/mol. The van der Waals surface area contributed by atoms with Crippen LogP contribution in [0.5, 0.6) is 0 Å². The van der Waals surface area contributed by atoms with Crippen LogP contribution in [0.4, 0.5) is 17.6 Å². The summed E-state index contributed by atoms with van der Waals surface area (Å²) in [7, 11) is 1.47. The van der Waals surface area contributed by atoms with Gasteiger partial charge in [0.25, 0.3) is 4.77 Å². The summed E-state index contributed by atoms with van der Waals surface area (Å²) in [6, 6.07) is 0. The predicted molar refractivity (Wildman–Crippen MR) is 64.9 cm³/mol. The van der Waals surface area contributed by atoms with Crippen LogP contribution in [0.1, 0.15) is 5.69 Å². The standard InChI is InChI=1S/C10H6F4N4OS/c1-17(2)18-3-4-6(19)5(11)7(10(12,13)14)15-8(4)16-9(18)20/h3H,1H2,2H3/p+1. The molecular formula is C10H7F4N4OS+. The normalized spacial score (nSPS) is 11.8. The topological polar surface area (TPSA) is 53.7 Å². The van der Waals surface area contributed by atoms with E-state index < -0.39 is 28.8 Å². The van der Waals surface area contributed by atoms with E-state index in [1.807, 2.05) is 0 Å². The first kappa shape index (κ1) is 14.3. The van der Waals surface area contributed by atoms with Gasteiger partial charge in [-0.2, -0.15) is 18.2 Å². The molecule has 0 amide bonds. The molecule has 2 heterocycles. The number of aromatic nitrogens is 3. The molecule has 0 saturated heterocycles. The molecule has 0 atom stereocenters. The van der Waals surface area contributed by atoms with Crippen molar-refractivity contribution < 1.29 is 22.2 Å². The van der Waals surface area contributed by atoms with E-state index in [1.54, 1.807) is 4.98 Å². The summed E-state index contributed by atoms with van der Waals surface area (Å²) >= 11 is 4.84. The lowest BCUT2D eigenvalue weighted by atomic mass is 10.2. The first-order chi connectivity index (χ1) is 9.12. The number of aromatic amines is 1. The molecule has 2 aromatic rings. The van der Waals surface area contributed by atoms with Gasteiger partial charge in [-0.05, 0) is 12.2 Å². The van der Waals surface area contributed by atoms with E-state index >= 15 is 0 Å². The second-order valence-electron chi connectivity index (χ2n) is 3.93. The molecule has 0 aliphatic heterocycles.